The van der Waals surface area contributed by atoms with Crippen molar-refractivity contribution < 1.29 is 14.3 Å². The lowest BCUT2D eigenvalue weighted by molar-refractivity contribution is -0.126. The van der Waals surface area contributed by atoms with Crippen LogP contribution in [-0.4, -0.2) is 30.5 Å². The summed E-state index contributed by atoms with van der Waals surface area (Å²) in [4.78, 5) is 26.9. The lowest BCUT2D eigenvalue weighted by atomic mass is 9.96. The number of methoxy groups -OCH3 is 1. The summed E-state index contributed by atoms with van der Waals surface area (Å²) in [6.45, 7) is 0.769. The zero-order chi connectivity index (χ0) is 19.8. The van der Waals surface area contributed by atoms with Crippen LogP contribution < -0.4 is 15.4 Å². The molecule has 144 valence electrons. The summed E-state index contributed by atoms with van der Waals surface area (Å²) in [5, 5.41) is 6.35. The van der Waals surface area contributed by atoms with Crippen molar-refractivity contribution in [1.82, 2.24) is 15.5 Å². The number of urea groups is 1. The van der Waals surface area contributed by atoms with Crippen LogP contribution in [0.4, 0.5) is 4.79 Å². The van der Waals surface area contributed by atoms with Crippen molar-refractivity contribution in [3.63, 3.8) is 0 Å². The Bertz CT molecular complexity index is 989. The average Bonchev–Trinajstić information content (AvgIpc) is 2.99. The quantitative estimate of drug-likeness (QED) is 0.797. The lowest BCUT2D eigenvalue weighted by Crippen LogP contribution is -2.44. The molecule has 3 amide bonds. The summed E-state index contributed by atoms with van der Waals surface area (Å²) in [6, 6.07) is 11.7. The fraction of sp³-hybridized carbons (Fsp3) is 0.200. The Labute approximate surface area is 172 Å². The normalized spacial score (nSPS) is 18.7. The molecule has 2 heterocycles. The maximum Gasteiger partial charge on any atom is 0.319 e. The molecule has 0 saturated heterocycles. The van der Waals surface area contributed by atoms with Gasteiger partial charge in [0.05, 0.1) is 41.0 Å². The van der Waals surface area contributed by atoms with Crippen LogP contribution >= 0.6 is 23.2 Å². The Morgan fingerprint density at radius 3 is 2.54 bits per heavy atom. The van der Waals surface area contributed by atoms with Crippen LogP contribution in [0.3, 0.4) is 0 Å². The van der Waals surface area contributed by atoms with Gasteiger partial charge in [0.1, 0.15) is 5.75 Å². The first-order valence-electron chi connectivity index (χ1n) is 8.64. The van der Waals surface area contributed by atoms with Crippen LogP contribution in [0.1, 0.15) is 17.2 Å². The second-order valence-corrected chi connectivity index (χ2v) is 7.42. The van der Waals surface area contributed by atoms with E-state index in [9.17, 15) is 9.59 Å². The molecule has 2 aromatic rings. The minimum absolute atomic E-state index is 0.130. The molecule has 0 aliphatic carbocycles. The number of carbonyl (C=O) groups excluding carboxylic acids is 2. The maximum atomic E-state index is 13.1. The van der Waals surface area contributed by atoms with Crippen molar-refractivity contribution in [3.05, 3.63) is 74.9 Å². The van der Waals surface area contributed by atoms with E-state index >= 15 is 0 Å². The highest BCUT2D eigenvalue weighted by atomic mass is 35.5. The van der Waals surface area contributed by atoms with Gasteiger partial charge >= 0.3 is 6.03 Å². The van der Waals surface area contributed by atoms with Crippen LogP contribution in [0.2, 0.25) is 10.0 Å². The van der Waals surface area contributed by atoms with Gasteiger partial charge in [-0.15, -0.1) is 0 Å². The number of nitrogens with one attached hydrogen (secondary N) is 2. The molecule has 4 rings (SSSR count). The van der Waals surface area contributed by atoms with E-state index in [1.807, 2.05) is 24.3 Å². The Hall–Kier alpha value is -2.70. The van der Waals surface area contributed by atoms with Gasteiger partial charge in [0, 0.05) is 6.54 Å². The standard InChI is InChI=1S/C20H17Cl2N3O3/c1-28-13-5-2-11(3-6-13)9-25-10-16-17(19(25)26)18(24-20(27)23-16)12-4-7-14(21)15(22)8-12/h2-8,18H,9-10H2,1H3,(H2,23,24,27). The maximum absolute atomic E-state index is 13.1. The first kappa shape index (κ1) is 18.7. The number of amides is 3. The highest BCUT2D eigenvalue weighted by Crippen LogP contribution is 2.35. The van der Waals surface area contributed by atoms with Crippen molar-refractivity contribution in [3.8, 4) is 5.75 Å². The molecule has 1 atom stereocenters. The molecule has 1 unspecified atom stereocenters. The van der Waals surface area contributed by atoms with Gasteiger partial charge < -0.3 is 20.3 Å². The van der Waals surface area contributed by atoms with E-state index in [1.54, 1.807) is 30.2 Å². The number of halogens is 2. The molecule has 0 radical (unpaired) electrons. The summed E-state index contributed by atoms with van der Waals surface area (Å²) in [5.41, 5.74) is 2.81. The molecule has 2 N–H and O–H groups in total. The van der Waals surface area contributed by atoms with E-state index < -0.39 is 6.04 Å². The van der Waals surface area contributed by atoms with Crippen LogP contribution in [0.15, 0.2) is 53.7 Å². The van der Waals surface area contributed by atoms with Gasteiger partial charge in [0.2, 0.25) is 0 Å². The second-order valence-electron chi connectivity index (χ2n) is 6.61. The number of ether oxygens (including phenoxy) is 1. The van der Waals surface area contributed by atoms with Gasteiger partial charge in [-0.05, 0) is 35.4 Å². The summed E-state index contributed by atoms with van der Waals surface area (Å²) in [7, 11) is 1.61. The first-order chi connectivity index (χ1) is 13.5. The molecule has 2 aromatic carbocycles. The van der Waals surface area contributed by atoms with Gasteiger partial charge in [-0.3, -0.25) is 4.79 Å². The van der Waals surface area contributed by atoms with E-state index in [1.165, 1.54) is 0 Å². The molecular weight excluding hydrogens is 401 g/mol. The van der Waals surface area contributed by atoms with Crippen molar-refractivity contribution in [1.29, 1.82) is 0 Å². The van der Waals surface area contributed by atoms with Gasteiger partial charge in [-0.2, -0.15) is 0 Å². The number of carbonyl (C=O) groups is 2. The predicted octanol–water partition coefficient (Wildman–Crippen LogP) is 3.65. The van der Waals surface area contributed by atoms with Gasteiger partial charge in [-0.1, -0.05) is 41.4 Å². The van der Waals surface area contributed by atoms with Gasteiger partial charge in [-0.25, -0.2) is 4.79 Å². The molecule has 2 aliphatic heterocycles. The second kappa shape index (κ2) is 7.37. The molecule has 2 aliphatic rings. The van der Waals surface area contributed by atoms with E-state index in [0.29, 0.717) is 40.0 Å². The van der Waals surface area contributed by atoms with Gasteiger partial charge in [0.15, 0.2) is 0 Å². The van der Waals surface area contributed by atoms with Gasteiger partial charge in [0.25, 0.3) is 5.91 Å². The predicted molar refractivity (Wildman–Crippen MR) is 106 cm³/mol. The number of benzene rings is 2. The van der Waals surface area contributed by atoms with E-state index in [-0.39, 0.29) is 11.9 Å². The summed E-state index contributed by atoms with van der Waals surface area (Å²) < 4.78 is 5.17. The number of nitrogens with zero attached hydrogens (tertiary/aromatic N) is 1. The highest BCUT2D eigenvalue weighted by molar-refractivity contribution is 6.42. The number of hydrogen-bond donors (Lipinski definition) is 2. The minimum atomic E-state index is -0.577. The fourth-order valence-electron chi connectivity index (χ4n) is 3.45. The molecule has 0 spiro atoms. The topological polar surface area (TPSA) is 70.7 Å². The van der Waals surface area contributed by atoms with Crippen LogP contribution in [0.5, 0.6) is 5.75 Å². The molecule has 0 bridgehead atoms. The van der Waals surface area contributed by atoms with Crippen LogP contribution in [0, 0.1) is 0 Å². The van der Waals surface area contributed by atoms with Crippen molar-refractivity contribution in [2.45, 2.75) is 12.6 Å². The van der Waals surface area contributed by atoms with E-state index in [0.717, 1.165) is 11.3 Å². The third-order valence-electron chi connectivity index (χ3n) is 4.83. The average molecular weight is 418 g/mol. The molecule has 8 heteroatoms. The summed E-state index contributed by atoms with van der Waals surface area (Å²) in [5.74, 6) is 0.624. The minimum Gasteiger partial charge on any atom is -0.497 e. The monoisotopic (exact) mass is 417 g/mol. The van der Waals surface area contributed by atoms with Crippen molar-refractivity contribution >= 4 is 35.1 Å². The molecule has 0 saturated carbocycles. The number of hydrogen-bond acceptors (Lipinski definition) is 3. The van der Waals surface area contributed by atoms with Crippen LogP contribution in [-0.2, 0) is 11.3 Å². The fourth-order valence-corrected chi connectivity index (χ4v) is 3.76. The zero-order valence-electron chi connectivity index (χ0n) is 15.0. The Balaban J connectivity index is 1.60. The molecule has 28 heavy (non-hydrogen) atoms. The van der Waals surface area contributed by atoms with Crippen molar-refractivity contribution in [2.24, 2.45) is 0 Å². The molecule has 6 nitrogen and oxygen atoms in total. The highest BCUT2D eigenvalue weighted by Gasteiger charge is 2.40. The smallest absolute Gasteiger partial charge is 0.319 e. The number of rotatable bonds is 4. The molecular formula is C20H17Cl2N3O3. The van der Waals surface area contributed by atoms with E-state index in [2.05, 4.69) is 10.6 Å². The van der Waals surface area contributed by atoms with Crippen LogP contribution in [0.25, 0.3) is 0 Å². The first-order valence-corrected chi connectivity index (χ1v) is 9.39. The third-order valence-corrected chi connectivity index (χ3v) is 5.57. The Kier molecular flexibility index (Phi) is 4.91. The molecule has 0 aromatic heterocycles. The largest absolute Gasteiger partial charge is 0.497 e. The zero-order valence-corrected chi connectivity index (χ0v) is 16.5. The third kappa shape index (κ3) is 3.41. The van der Waals surface area contributed by atoms with E-state index in [4.69, 9.17) is 27.9 Å². The summed E-state index contributed by atoms with van der Waals surface area (Å²) >= 11 is 12.1. The molecule has 0 fully saturated rings. The Morgan fingerprint density at radius 2 is 1.86 bits per heavy atom. The Morgan fingerprint density at radius 1 is 1.11 bits per heavy atom. The van der Waals surface area contributed by atoms with Crippen molar-refractivity contribution in [2.75, 3.05) is 13.7 Å². The SMILES string of the molecule is COc1ccc(CN2CC3=C(C2=O)C(c2ccc(Cl)c(Cl)c2)NC(=O)N3)cc1. The lowest BCUT2D eigenvalue weighted by Gasteiger charge is -2.25. The summed E-state index contributed by atoms with van der Waals surface area (Å²) in [6.07, 6.45) is 0.